The molecule has 2 fully saturated rings. The molecule has 0 atom stereocenters. The zero-order valence-electron chi connectivity index (χ0n) is 17.4. The van der Waals surface area contributed by atoms with Crippen molar-refractivity contribution in [3.05, 3.63) is 58.0 Å². The van der Waals surface area contributed by atoms with Crippen molar-refractivity contribution in [2.24, 2.45) is 4.99 Å². The smallest absolute Gasteiger partial charge is 0.264 e. The van der Waals surface area contributed by atoms with Crippen LogP contribution < -0.4 is 15.0 Å². The van der Waals surface area contributed by atoms with Crippen LogP contribution in [0.15, 0.2) is 46.3 Å². The van der Waals surface area contributed by atoms with Crippen LogP contribution in [0, 0.1) is 13.8 Å². The van der Waals surface area contributed by atoms with Crippen LogP contribution in [0.25, 0.3) is 6.08 Å². The molecule has 156 valence electrons. The third kappa shape index (κ3) is 4.52. The molecule has 2 aliphatic rings. The monoisotopic (exact) mass is 423 g/mol. The number of amides is 1. The average Bonchev–Trinajstić information content (AvgIpc) is 3.10. The molecular formula is C23H25N3O3S. The van der Waals surface area contributed by atoms with Crippen molar-refractivity contribution >= 4 is 40.3 Å². The molecule has 0 unspecified atom stereocenters. The second-order valence-electron chi connectivity index (χ2n) is 7.28. The minimum atomic E-state index is -0.151. The largest absolute Gasteiger partial charge is 0.496 e. The van der Waals surface area contributed by atoms with E-state index in [0.29, 0.717) is 10.1 Å². The lowest BCUT2D eigenvalue weighted by Gasteiger charge is -2.29. The van der Waals surface area contributed by atoms with Crippen LogP contribution >= 0.6 is 11.8 Å². The summed E-state index contributed by atoms with van der Waals surface area (Å²) < 4.78 is 11.0. The van der Waals surface area contributed by atoms with Crippen LogP contribution in [0.2, 0.25) is 0 Å². The molecule has 2 aromatic rings. The second kappa shape index (κ2) is 8.93. The molecule has 0 radical (unpaired) electrons. The van der Waals surface area contributed by atoms with Crippen molar-refractivity contribution < 1.29 is 14.3 Å². The lowest BCUT2D eigenvalue weighted by molar-refractivity contribution is -0.115. The number of ether oxygens (including phenoxy) is 2. The van der Waals surface area contributed by atoms with Crippen LogP contribution in [0.1, 0.15) is 16.7 Å². The standard InChI is InChI=1S/C23H25N3O3S/c1-15-4-6-18(12-16(15)2)24-23-25-22(27)21(30-23)13-17-5-7-19(14-20(17)28-3)26-8-10-29-11-9-26/h4-7,12-14H,8-11H2,1-3H3,(H,24,25,27)/b21-13-. The summed E-state index contributed by atoms with van der Waals surface area (Å²) in [6.45, 7) is 7.30. The molecule has 0 bridgehead atoms. The van der Waals surface area contributed by atoms with Gasteiger partial charge in [-0.3, -0.25) is 4.79 Å². The van der Waals surface area contributed by atoms with E-state index >= 15 is 0 Å². The highest BCUT2D eigenvalue weighted by Gasteiger charge is 2.24. The van der Waals surface area contributed by atoms with E-state index in [1.165, 1.54) is 22.9 Å². The van der Waals surface area contributed by atoms with Gasteiger partial charge in [0.05, 0.1) is 30.9 Å². The van der Waals surface area contributed by atoms with E-state index in [1.807, 2.05) is 36.4 Å². The molecule has 0 spiro atoms. The number of hydrogen-bond donors (Lipinski definition) is 1. The Morgan fingerprint density at radius 2 is 1.93 bits per heavy atom. The maximum atomic E-state index is 12.5. The summed E-state index contributed by atoms with van der Waals surface area (Å²) >= 11 is 1.34. The summed E-state index contributed by atoms with van der Waals surface area (Å²) in [7, 11) is 1.65. The number of amidine groups is 1. The Kier molecular flexibility index (Phi) is 6.11. The van der Waals surface area contributed by atoms with Crippen LogP contribution in [-0.4, -0.2) is 44.5 Å². The van der Waals surface area contributed by atoms with Crippen LogP contribution in [0.5, 0.6) is 5.75 Å². The number of methoxy groups -OCH3 is 1. The number of benzene rings is 2. The van der Waals surface area contributed by atoms with Crippen molar-refractivity contribution in [1.82, 2.24) is 5.32 Å². The summed E-state index contributed by atoms with van der Waals surface area (Å²) in [6, 6.07) is 12.1. The number of hydrogen-bond acceptors (Lipinski definition) is 6. The van der Waals surface area contributed by atoms with Crippen LogP contribution in [-0.2, 0) is 9.53 Å². The molecule has 2 saturated heterocycles. The third-order valence-corrected chi connectivity index (χ3v) is 6.16. The van der Waals surface area contributed by atoms with Gasteiger partial charge in [-0.25, -0.2) is 4.99 Å². The topological polar surface area (TPSA) is 63.2 Å². The van der Waals surface area contributed by atoms with Crippen molar-refractivity contribution in [2.45, 2.75) is 13.8 Å². The summed E-state index contributed by atoms with van der Waals surface area (Å²) in [4.78, 5) is 19.9. The molecule has 2 aromatic carbocycles. The molecule has 0 aliphatic carbocycles. The Labute approximate surface area is 181 Å². The quantitative estimate of drug-likeness (QED) is 0.752. The first kappa shape index (κ1) is 20.5. The molecule has 2 heterocycles. The Hall–Kier alpha value is -2.77. The zero-order chi connectivity index (χ0) is 21.1. The fourth-order valence-corrected chi connectivity index (χ4v) is 4.20. The van der Waals surface area contributed by atoms with E-state index in [0.717, 1.165) is 49.0 Å². The number of aryl methyl sites for hydroxylation is 2. The van der Waals surface area contributed by atoms with Crippen molar-refractivity contribution in [2.75, 3.05) is 38.3 Å². The molecule has 30 heavy (non-hydrogen) atoms. The second-order valence-corrected chi connectivity index (χ2v) is 8.31. The van der Waals surface area contributed by atoms with Gasteiger partial charge >= 0.3 is 0 Å². The molecule has 2 aliphatic heterocycles. The SMILES string of the molecule is COc1cc(N2CCOCC2)ccc1/C=C1\SC(=Nc2ccc(C)c(C)c2)NC1=O. The highest BCUT2D eigenvalue weighted by atomic mass is 32.2. The van der Waals surface area contributed by atoms with Gasteiger partial charge in [0.15, 0.2) is 5.17 Å². The summed E-state index contributed by atoms with van der Waals surface area (Å²) in [5.41, 5.74) is 5.18. The van der Waals surface area contributed by atoms with Gasteiger partial charge in [-0.05, 0) is 67.1 Å². The number of rotatable bonds is 4. The minimum Gasteiger partial charge on any atom is -0.496 e. The predicted octanol–water partition coefficient (Wildman–Crippen LogP) is 4.04. The van der Waals surface area contributed by atoms with Gasteiger partial charge in [0.25, 0.3) is 5.91 Å². The van der Waals surface area contributed by atoms with E-state index in [9.17, 15) is 4.79 Å². The minimum absolute atomic E-state index is 0.151. The number of nitrogens with zero attached hydrogens (tertiary/aromatic N) is 2. The number of aliphatic imine (C=N–C) groups is 1. The lowest BCUT2D eigenvalue weighted by atomic mass is 10.1. The van der Waals surface area contributed by atoms with Gasteiger partial charge in [0.1, 0.15) is 5.75 Å². The van der Waals surface area contributed by atoms with E-state index in [-0.39, 0.29) is 5.91 Å². The van der Waals surface area contributed by atoms with Gasteiger partial charge in [0.2, 0.25) is 0 Å². The van der Waals surface area contributed by atoms with E-state index < -0.39 is 0 Å². The molecule has 1 N–H and O–H groups in total. The van der Waals surface area contributed by atoms with Gasteiger partial charge in [-0.2, -0.15) is 0 Å². The van der Waals surface area contributed by atoms with Crippen molar-refractivity contribution in [3.63, 3.8) is 0 Å². The van der Waals surface area contributed by atoms with Gasteiger partial charge < -0.3 is 19.7 Å². The molecule has 0 aromatic heterocycles. The molecule has 7 heteroatoms. The summed E-state index contributed by atoms with van der Waals surface area (Å²) in [5.74, 6) is 0.585. The molecule has 4 rings (SSSR count). The normalized spacial score (nSPS) is 19.4. The van der Waals surface area contributed by atoms with E-state index in [1.54, 1.807) is 7.11 Å². The van der Waals surface area contributed by atoms with Gasteiger partial charge in [-0.15, -0.1) is 0 Å². The molecule has 0 saturated carbocycles. The predicted molar refractivity (Wildman–Crippen MR) is 123 cm³/mol. The molecular weight excluding hydrogens is 398 g/mol. The number of thioether (sulfide) groups is 1. The summed E-state index contributed by atoms with van der Waals surface area (Å²) in [6.07, 6.45) is 1.85. The third-order valence-electron chi connectivity index (χ3n) is 5.25. The van der Waals surface area contributed by atoms with Crippen LogP contribution in [0.3, 0.4) is 0 Å². The number of morpholine rings is 1. The fourth-order valence-electron chi connectivity index (χ4n) is 3.37. The first-order valence-corrected chi connectivity index (χ1v) is 10.7. The summed E-state index contributed by atoms with van der Waals surface area (Å²) in [5, 5.41) is 3.43. The first-order chi connectivity index (χ1) is 14.5. The first-order valence-electron chi connectivity index (χ1n) is 9.91. The van der Waals surface area contributed by atoms with E-state index in [2.05, 4.69) is 35.1 Å². The van der Waals surface area contributed by atoms with Crippen molar-refractivity contribution in [3.8, 4) is 5.75 Å². The van der Waals surface area contributed by atoms with Crippen molar-refractivity contribution in [1.29, 1.82) is 0 Å². The number of nitrogens with one attached hydrogen (secondary N) is 1. The Morgan fingerprint density at radius 3 is 2.67 bits per heavy atom. The highest BCUT2D eigenvalue weighted by molar-refractivity contribution is 8.18. The Morgan fingerprint density at radius 1 is 1.13 bits per heavy atom. The maximum Gasteiger partial charge on any atom is 0.264 e. The van der Waals surface area contributed by atoms with Crippen LogP contribution in [0.4, 0.5) is 11.4 Å². The number of anilines is 1. The Bertz CT molecular complexity index is 1030. The zero-order valence-corrected chi connectivity index (χ0v) is 18.2. The van der Waals surface area contributed by atoms with Gasteiger partial charge in [-0.1, -0.05) is 6.07 Å². The number of carbonyl (C=O) groups excluding carboxylic acids is 1. The highest BCUT2D eigenvalue weighted by Crippen LogP contribution is 2.33. The fraction of sp³-hybridized carbons (Fsp3) is 0.304. The Balaban J connectivity index is 1.56. The van der Waals surface area contributed by atoms with E-state index in [4.69, 9.17) is 9.47 Å². The maximum absolute atomic E-state index is 12.5. The molecule has 1 amide bonds. The number of carbonyl (C=O) groups is 1. The van der Waals surface area contributed by atoms with Gasteiger partial charge in [0, 0.05) is 30.4 Å². The molecule has 6 nitrogen and oxygen atoms in total. The lowest BCUT2D eigenvalue weighted by Crippen LogP contribution is -2.36. The average molecular weight is 424 g/mol.